The zero-order chi connectivity index (χ0) is 11.3. The molecular weight excluding hydrogens is 216 g/mol. The molecule has 0 aliphatic heterocycles. The summed E-state index contributed by atoms with van der Waals surface area (Å²) in [5, 5.41) is 0.654. The molecule has 0 saturated heterocycles. The van der Waals surface area contributed by atoms with Gasteiger partial charge in [-0.25, -0.2) is 4.79 Å². The zero-order valence-corrected chi connectivity index (χ0v) is 9.45. The Hall–Kier alpha value is -1.06. The molecule has 0 bridgehead atoms. The fourth-order valence-corrected chi connectivity index (χ4v) is 1.29. The first-order valence-corrected chi connectivity index (χ1v) is 4.95. The SMILES string of the molecule is COC(=O)C(C)OCc1cccc(Cl)c1. The lowest BCUT2D eigenvalue weighted by Crippen LogP contribution is -2.21. The van der Waals surface area contributed by atoms with Crippen LogP contribution in [0.1, 0.15) is 12.5 Å². The molecule has 0 heterocycles. The van der Waals surface area contributed by atoms with Crippen LogP contribution in [0.3, 0.4) is 0 Å². The first kappa shape index (κ1) is 12.0. The molecule has 15 heavy (non-hydrogen) atoms. The van der Waals surface area contributed by atoms with E-state index in [1.807, 2.05) is 12.1 Å². The summed E-state index contributed by atoms with van der Waals surface area (Å²) >= 11 is 5.80. The smallest absolute Gasteiger partial charge is 0.334 e. The summed E-state index contributed by atoms with van der Waals surface area (Å²) in [6.07, 6.45) is -0.561. The Morgan fingerprint density at radius 1 is 1.53 bits per heavy atom. The highest BCUT2D eigenvalue weighted by molar-refractivity contribution is 6.30. The Morgan fingerprint density at radius 2 is 2.27 bits per heavy atom. The molecule has 1 aromatic carbocycles. The van der Waals surface area contributed by atoms with Gasteiger partial charge in [0.15, 0.2) is 6.10 Å². The van der Waals surface area contributed by atoms with Gasteiger partial charge >= 0.3 is 5.97 Å². The van der Waals surface area contributed by atoms with Gasteiger partial charge in [0.05, 0.1) is 13.7 Å². The van der Waals surface area contributed by atoms with Crippen molar-refractivity contribution in [1.29, 1.82) is 0 Å². The van der Waals surface area contributed by atoms with Gasteiger partial charge in [0.1, 0.15) is 0 Å². The molecule has 0 fully saturated rings. The maximum absolute atomic E-state index is 11.0. The molecule has 0 aromatic heterocycles. The summed E-state index contributed by atoms with van der Waals surface area (Å²) < 4.78 is 9.84. The quantitative estimate of drug-likeness (QED) is 0.743. The molecule has 1 aromatic rings. The first-order valence-electron chi connectivity index (χ1n) is 4.57. The van der Waals surface area contributed by atoms with Crippen LogP contribution < -0.4 is 0 Å². The van der Waals surface area contributed by atoms with E-state index in [1.165, 1.54) is 7.11 Å². The van der Waals surface area contributed by atoms with Gasteiger partial charge in [-0.2, -0.15) is 0 Å². The molecule has 0 aliphatic rings. The van der Waals surface area contributed by atoms with Crippen LogP contribution in [0.15, 0.2) is 24.3 Å². The molecule has 0 amide bonds. The fourth-order valence-electron chi connectivity index (χ4n) is 1.08. The number of ether oxygens (including phenoxy) is 2. The Morgan fingerprint density at radius 3 is 2.87 bits per heavy atom. The van der Waals surface area contributed by atoms with Crippen LogP contribution in [0.25, 0.3) is 0 Å². The van der Waals surface area contributed by atoms with Crippen LogP contribution in [0, 0.1) is 0 Å². The highest BCUT2D eigenvalue weighted by Crippen LogP contribution is 2.12. The molecule has 0 radical (unpaired) electrons. The van der Waals surface area contributed by atoms with Crippen molar-refractivity contribution in [3.63, 3.8) is 0 Å². The summed E-state index contributed by atoms with van der Waals surface area (Å²) in [5.41, 5.74) is 0.929. The molecule has 4 heteroatoms. The minimum atomic E-state index is -0.561. The van der Waals surface area contributed by atoms with Crippen molar-refractivity contribution in [3.8, 4) is 0 Å². The molecule has 82 valence electrons. The van der Waals surface area contributed by atoms with E-state index in [9.17, 15) is 4.79 Å². The summed E-state index contributed by atoms with van der Waals surface area (Å²) in [5.74, 6) is -0.378. The van der Waals surface area contributed by atoms with Crippen molar-refractivity contribution in [2.45, 2.75) is 19.6 Å². The highest BCUT2D eigenvalue weighted by Gasteiger charge is 2.12. The van der Waals surface area contributed by atoms with Crippen LogP contribution in [0.4, 0.5) is 0 Å². The molecule has 0 N–H and O–H groups in total. The van der Waals surface area contributed by atoms with Crippen molar-refractivity contribution in [2.24, 2.45) is 0 Å². The van der Waals surface area contributed by atoms with Gasteiger partial charge in [0.25, 0.3) is 0 Å². The third-order valence-electron chi connectivity index (χ3n) is 1.92. The second kappa shape index (κ2) is 5.73. The van der Waals surface area contributed by atoms with E-state index in [2.05, 4.69) is 4.74 Å². The van der Waals surface area contributed by atoms with Crippen LogP contribution in [-0.4, -0.2) is 19.2 Å². The molecule has 1 rings (SSSR count). The van der Waals surface area contributed by atoms with Crippen molar-refractivity contribution in [3.05, 3.63) is 34.9 Å². The fraction of sp³-hybridized carbons (Fsp3) is 0.364. The third-order valence-corrected chi connectivity index (χ3v) is 2.16. The van der Waals surface area contributed by atoms with Crippen molar-refractivity contribution >= 4 is 17.6 Å². The van der Waals surface area contributed by atoms with Crippen molar-refractivity contribution in [2.75, 3.05) is 7.11 Å². The van der Waals surface area contributed by atoms with E-state index in [4.69, 9.17) is 16.3 Å². The summed E-state index contributed by atoms with van der Waals surface area (Å²) in [4.78, 5) is 11.0. The number of methoxy groups -OCH3 is 1. The van der Waals surface area contributed by atoms with Gasteiger partial charge in [-0.1, -0.05) is 23.7 Å². The minimum absolute atomic E-state index is 0.344. The Labute approximate surface area is 93.9 Å². The molecule has 1 atom stereocenters. The lowest BCUT2D eigenvalue weighted by Gasteiger charge is -2.10. The lowest BCUT2D eigenvalue weighted by atomic mass is 10.2. The number of esters is 1. The first-order chi connectivity index (χ1) is 7.13. The van der Waals surface area contributed by atoms with E-state index < -0.39 is 6.10 Å². The zero-order valence-electron chi connectivity index (χ0n) is 8.70. The highest BCUT2D eigenvalue weighted by atomic mass is 35.5. The standard InChI is InChI=1S/C11H13ClO3/c1-8(11(13)14-2)15-7-9-4-3-5-10(12)6-9/h3-6,8H,7H2,1-2H3. The van der Waals surface area contributed by atoms with Gasteiger partial charge < -0.3 is 9.47 Å². The van der Waals surface area contributed by atoms with Crippen LogP contribution in [-0.2, 0) is 20.9 Å². The minimum Gasteiger partial charge on any atom is -0.467 e. The van der Waals surface area contributed by atoms with Crippen LogP contribution >= 0.6 is 11.6 Å². The molecular formula is C11H13ClO3. The van der Waals surface area contributed by atoms with Crippen molar-refractivity contribution < 1.29 is 14.3 Å². The van der Waals surface area contributed by atoms with Gasteiger partial charge in [-0.05, 0) is 24.6 Å². The van der Waals surface area contributed by atoms with Gasteiger partial charge in [0.2, 0.25) is 0 Å². The third kappa shape index (κ3) is 3.90. The number of carbonyl (C=O) groups excluding carboxylic acids is 1. The molecule has 0 saturated carbocycles. The molecule has 3 nitrogen and oxygen atoms in total. The second-order valence-electron chi connectivity index (χ2n) is 3.11. The number of carbonyl (C=O) groups is 1. The van der Waals surface area contributed by atoms with Gasteiger partial charge in [-0.3, -0.25) is 0 Å². The predicted octanol–water partition coefficient (Wildman–Crippen LogP) is 2.42. The lowest BCUT2D eigenvalue weighted by molar-refractivity contribution is -0.153. The van der Waals surface area contributed by atoms with E-state index in [1.54, 1.807) is 19.1 Å². The molecule has 0 aliphatic carbocycles. The van der Waals surface area contributed by atoms with Gasteiger partial charge in [0, 0.05) is 5.02 Å². The average molecular weight is 229 g/mol. The van der Waals surface area contributed by atoms with Crippen molar-refractivity contribution in [1.82, 2.24) is 0 Å². The Bertz CT molecular complexity index is 338. The summed E-state index contributed by atoms with van der Waals surface area (Å²) in [6.45, 7) is 1.99. The average Bonchev–Trinajstić information content (AvgIpc) is 2.25. The number of rotatable bonds is 4. The van der Waals surface area contributed by atoms with E-state index in [0.717, 1.165) is 5.56 Å². The molecule has 0 spiro atoms. The van der Waals surface area contributed by atoms with Crippen LogP contribution in [0.5, 0.6) is 0 Å². The summed E-state index contributed by atoms with van der Waals surface area (Å²) in [6, 6.07) is 7.31. The Balaban J connectivity index is 2.47. The van der Waals surface area contributed by atoms with Gasteiger partial charge in [-0.15, -0.1) is 0 Å². The van der Waals surface area contributed by atoms with E-state index in [0.29, 0.717) is 11.6 Å². The largest absolute Gasteiger partial charge is 0.467 e. The maximum atomic E-state index is 11.0. The second-order valence-corrected chi connectivity index (χ2v) is 3.54. The van der Waals surface area contributed by atoms with Crippen LogP contribution in [0.2, 0.25) is 5.02 Å². The topological polar surface area (TPSA) is 35.5 Å². The summed E-state index contributed by atoms with van der Waals surface area (Å²) in [7, 11) is 1.33. The Kier molecular flexibility index (Phi) is 4.59. The normalized spacial score (nSPS) is 12.2. The number of benzene rings is 1. The predicted molar refractivity (Wildman–Crippen MR) is 57.7 cm³/mol. The molecule has 1 unspecified atom stereocenters. The number of hydrogen-bond acceptors (Lipinski definition) is 3. The number of halogens is 1. The van der Waals surface area contributed by atoms with E-state index >= 15 is 0 Å². The maximum Gasteiger partial charge on any atom is 0.334 e. The number of hydrogen-bond donors (Lipinski definition) is 0. The van der Waals surface area contributed by atoms with E-state index in [-0.39, 0.29) is 5.97 Å². The monoisotopic (exact) mass is 228 g/mol.